The molecule has 0 aliphatic heterocycles. The molecule has 0 bridgehead atoms. The summed E-state index contributed by atoms with van der Waals surface area (Å²) in [4.78, 5) is 14.7. The highest BCUT2D eigenvalue weighted by molar-refractivity contribution is 9.10. The molecule has 3 aromatic rings. The Morgan fingerprint density at radius 2 is 1.73 bits per heavy atom. The van der Waals surface area contributed by atoms with E-state index in [1.165, 1.54) is 18.3 Å². The number of esters is 1. The maximum atomic E-state index is 12.5. The van der Waals surface area contributed by atoms with Gasteiger partial charge in [-0.1, -0.05) is 51.3 Å². The van der Waals surface area contributed by atoms with Crippen molar-refractivity contribution >= 4 is 38.1 Å². The van der Waals surface area contributed by atoms with Gasteiger partial charge in [0.05, 0.1) is 16.7 Å². The zero-order chi connectivity index (χ0) is 21.7. The number of carbonyl (C=O) groups is 1. The summed E-state index contributed by atoms with van der Waals surface area (Å²) in [6, 6.07) is 18.4. The maximum Gasteiger partial charge on any atom is 0.343 e. The Morgan fingerprint density at radius 3 is 2.43 bits per heavy atom. The lowest BCUT2D eigenvalue weighted by Gasteiger charge is -2.09. The highest BCUT2D eigenvalue weighted by Crippen LogP contribution is 2.23. The van der Waals surface area contributed by atoms with E-state index in [1.807, 2.05) is 19.9 Å². The number of halogens is 1. The second-order valence-electron chi connectivity index (χ2n) is 6.61. The quantitative estimate of drug-likeness (QED) is 0.239. The van der Waals surface area contributed by atoms with Crippen molar-refractivity contribution in [2.75, 3.05) is 0 Å². The molecule has 30 heavy (non-hydrogen) atoms. The number of benzene rings is 3. The van der Waals surface area contributed by atoms with Crippen LogP contribution < -0.4 is 9.57 Å². The standard InChI is InChI=1S/C22H19BrN2O4S/c1-15-6-9-20(10-7-15)30(27,28)25-24-14-18-13-19(23)8-11-21(18)29-22(26)17-5-3-4-16(2)12-17/h3-14,25H,1-2H3/b24-14-. The van der Waals surface area contributed by atoms with Crippen LogP contribution in [0, 0.1) is 13.8 Å². The van der Waals surface area contributed by atoms with Gasteiger partial charge in [-0.2, -0.15) is 13.5 Å². The first kappa shape index (κ1) is 21.7. The van der Waals surface area contributed by atoms with E-state index in [-0.39, 0.29) is 10.6 Å². The molecule has 6 nitrogen and oxygen atoms in total. The van der Waals surface area contributed by atoms with Crippen molar-refractivity contribution in [3.8, 4) is 5.75 Å². The molecule has 0 radical (unpaired) electrons. The molecular weight excluding hydrogens is 468 g/mol. The lowest BCUT2D eigenvalue weighted by Crippen LogP contribution is -2.18. The lowest BCUT2D eigenvalue weighted by molar-refractivity contribution is 0.0734. The molecule has 154 valence electrons. The van der Waals surface area contributed by atoms with Gasteiger partial charge in [0.1, 0.15) is 5.75 Å². The van der Waals surface area contributed by atoms with E-state index >= 15 is 0 Å². The highest BCUT2D eigenvalue weighted by atomic mass is 79.9. The zero-order valence-corrected chi connectivity index (χ0v) is 18.7. The van der Waals surface area contributed by atoms with Gasteiger partial charge in [-0.05, 0) is 56.3 Å². The third-order valence-electron chi connectivity index (χ3n) is 4.14. The Kier molecular flexibility index (Phi) is 6.69. The number of ether oxygens (including phenoxy) is 1. The van der Waals surface area contributed by atoms with Gasteiger partial charge in [-0.15, -0.1) is 0 Å². The predicted octanol–water partition coefficient (Wildman–Crippen LogP) is 4.60. The molecule has 0 aliphatic rings. The molecule has 0 saturated carbocycles. The average Bonchev–Trinajstić information content (AvgIpc) is 2.70. The van der Waals surface area contributed by atoms with Crippen LogP contribution in [0.5, 0.6) is 5.75 Å². The number of rotatable bonds is 6. The smallest absolute Gasteiger partial charge is 0.343 e. The van der Waals surface area contributed by atoms with E-state index in [9.17, 15) is 13.2 Å². The Bertz CT molecular complexity index is 1210. The SMILES string of the molecule is Cc1ccc(S(=O)(=O)N/N=C\c2cc(Br)ccc2OC(=O)c2cccc(C)c2)cc1. The molecule has 0 unspecified atom stereocenters. The van der Waals surface area contributed by atoms with Gasteiger partial charge in [-0.25, -0.2) is 9.63 Å². The minimum atomic E-state index is -3.81. The van der Waals surface area contributed by atoms with Crippen molar-refractivity contribution in [3.05, 3.63) is 93.5 Å². The summed E-state index contributed by atoms with van der Waals surface area (Å²) in [5, 5.41) is 3.83. The van der Waals surface area contributed by atoms with Gasteiger partial charge in [0, 0.05) is 10.0 Å². The monoisotopic (exact) mass is 486 g/mol. The number of aryl methyl sites for hydroxylation is 2. The second-order valence-corrected chi connectivity index (χ2v) is 9.18. The van der Waals surface area contributed by atoms with Crippen LogP contribution in [0.25, 0.3) is 0 Å². The van der Waals surface area contributed by atoms with Gasteiger partial charge in [-0.3, -0.25) is 0 Å². The zero-order valence-electron chi connectivity index (χ0n) is 16.3. The summed E-state index contributed by atoms with van der Waals surface area (Å²) in [5.41, 5.74) is 2.73. The fraction of sp³-hybridized carbons (Fsp3) is 0.0909. The van der Waals surface area contributed by atoms with E-state index in [1.54, 1.807) is 48.5 Å². The molecule has 0 amide bonds. The summed E-state index contributed by atoms with van der Waals surface area (Å²) in [5.74, 6) is -0.265. The van der Waals surface area contributed by atoms with Gasteiger partial charge in [0.15, 0.2) is 0 Å². The van der Waals surface area contributed by atoms with Crippen molar-refractivity contribution < 1.29 is 17.9 Å². The first-order chi connectivity index (χ1) is 14.2. The number of sulfonamides is 1. The van der Waals surface area contributed by atoms with Crippen molar-refractivity contribution in [1.29, 1.82) is 0 Å². The van der Waals surface area contributed by atoms with E-state index < -0.39 is 16.0 Å². The first-order valence-corrected chi connectivity index (χ1v) is 11.2. The van der Waals surface area contributed by atoms with Crippen LogP contribution in [-0.2, 0) is 10.0 Å². The van der Waals surface area contributed by atoms with Crippen LogP contribution >= 0.6 is 15.9 Å². The summed E-state index contributed by atoms with van der Waals surface area (Å²) in [7, 11) is -3.81. The molecule has 0 atom stereocenters. The molecule has 0 aromatic heterocycles. The minimum Gasteiger partial charge on any atom is -0.422 e. The number of hydrogen-bond acceptors (Lipinski definition) is 5. The Labute approximate surface area is 183 Å². The lowest BCUT2D eigenvalue weighted by atomic mass is 10.1. The van der Waals surface area contributed by atoms with Crippen molar-refractivity contribution in [1.82, 2.24) is 4.83 Å². The molecule has 0 aliphatic carbocycles. The highest BCUT2D eigenvalue weighted by Gasteiger charge is 2.14. The van der Waals surface area contributed by atoms with Gasteiger partial charge < -0.3 is 4.74 Å². The van der Waals surface area contributed by atoms with Gasteiger partial charge in [0.25, 0.3) is 10.0 Å². The summed E-state index contributed by atoms with van der Waals surface area (Å²) < 4.78 is 30.9. The van der Waals surface area contributed by atoms with Crippen LogP contribution in [0.3, 0.4) is 0 Å². The molecule has 0 fully saturated rings. The van der Waals surface area contributed by atoms with Crippen LogP contribution in [-0.4, -0.2) is 20.6 Å². The largest absolute Gasteiger partial charge is 0.422 e. The topological polar surface area (TPSA) is 84.8 Å². The van der Waals surface area contributed by atoms with Crippen LogP contribution in [0.1, 0.15) is 27.0 Å². The molecule has 0 heterocycles. The van der Waals surface area contributed by atoms with E-state index in [0.717, 1.165) is 15.6 Å². The summed E-state index contributed by atoms with van der Waals surface area (Å²) >= 11 is 3.35. The van der Waals surface area contributed by atoms with Crippen molar-refractivity contribution in [2.45, 2.75) is 18.7 Å². The maximum absolute atomic E-state index is 12.5. The van der Waals surface area contributed by atoms with Gasteiger partial charge in [0.2, 0.25) is 0 Å². The van der Waals surface area contributed by atoms with Crippen LogP contribution in [0.4, 0.5) is 0 Å². The fourth-order valence-corrected chi connectivity index (χ4v) is 3.75. The first-order valence-electron chi connectivity index (χ1n) is 8.94. The summed E-state index contributed by atoms with van der Waals surface area (Å²) in [6.07, 6.45) is 1.29. The third kappa shape index (κ3) is 5.55. The average molecular weight is 487 g/mol. The van der Waals surface area contributed by atoms with Crippen molar-refractivity contribution in [3.63, 3.8) is 0 Å². The van der Waals surface area contributed by atoms with Crippen molar-refractivity contribution in [2.24, 2.45) is 5.10 Å². The Balaban J connectivity index is 1.79. The fourth-order valence-electron chi connectivity index (χ4n) is 2.58. The van der Waals surface area contributed by atoms with E-state index in [4.69, 9.17) is 4.74 Å². The molecule has 8 heteroatoms. The molecule has 1 N–H and O–H groups in total. The number of nitrogens with one attached hydrogen (secondary N) is 1. The third-order valence-corrected chi connectivity index (χ3v) is 5.87. The van der Waals surface area contributed by atoms with E-state index in [0.29, 0.717) is 11.1 Å². The predicted molar refractivity (Wildman–Crippen MR) is 119 cm³/mol. The number of hydrazone groups is 1. The van der Waals surface area contributed by atoms with Crippen LogP contribution in [0.2, 0.25) is 0 Å². The molecule has 3 rings (SSSR count). The minimum absolute atomic E-state index is 0.102. The van der Waals surface area contributed by atoms with Crippen LogP contribution in [0.15, 0.2) is 81.2 Å². The number of hydrogen-bond donors (Lipinski definition) is 1. The Morgan fingerprint density at radius 1 is 1.00 bits per heavy atom. The number of carbonyl (C=O) groups excluding carboxylic acids is 1. The molecule has 0 saturated heterocycles. The molecule has 0 spiro atoms. The Hall–Kier alpha value is -2.97. The number of nitrogens with zero attached hydrogens (tertiary/aromatic N) is 1. The van der Waals surface area contributed by atoms with Gasteiger partial charge >= 0.3 is 5.97 Å². The molecule has 3 aromatic carbocycles. The summed E-state index contributed by atoms with van der Waals surface area (Å²) in [6.45, 7) is 3.75. The molecular formula is C22H19BrN2O4S. The second kappa shape index (κ2) is 9.23. The normalized spacial score (nSPS) is 11.4. The van der Waals surface area contributed by atoms with E-state index in [2.05, 4.69) is 25.9 Å².